The maximum absolute atomic E-state index is 13.5. The monoisotopic (exact) mass is 747 g/mol. The number of amides is 3. The summed E-state index contributed by atoms with van der Waals surface area (Å²) in [5.41, 5.74) is 4.65. The molecule has 5 aliphatic rings. The van der Waals surface area contributed by atoms with Gasteiger partial charge in [0.2, 0.25) is 11.8 Å². The van der Waals surface area contributed by atoms with Gasteiger partial charge < -0.3 is 20.4 Å². The van der Waals surface area contributed by atoms with Gasteiger partial charge in [-0.2, -0.15) is 0 Å². The van der Waals surface area contributed by atoms with Crippen LogP contribution in [0.1, 0.15) is 61.2 Å². The number of piperidine rings is 3. The van der Waals surface area contributed by atoms with E-state index in [4.69, 9.17) is 4.98 Å². The number of aryl methyl sites for hydroxylation is 1. The van der Waals surface area contributed by atoms with Crippen molar-refractivity contribution in [2.24, 2.45) is 12.5 Å². The number of nitrogens with one attached hydrogen (secondary N) is 3. The number of likely N-dealkylation sites (tertiary alicyclic amines) is 1. The number of hydrogen-bond donors (Lipinski definition) is 3. The van der Waals surface area contributed by atoms with Gasteiger partial charge in [0.1, 0.15) is 16.7 Å². The van der Waals surface area contributed by atoms with Crippen LogP contribution < -0.4 is 31.4 Å². The van der Waals surface area contributed by atoms with Crippen LogP contribution in [0.15, 0.2) is 47.3 Å². The molecule has 5 aliphatic heterocycles. The molecular weight excluding hydrogens is 703 g/mol. The first-order valence-corrected chi connectivity index (χ1v) is 20.2. The molecule has 2 atom stereocenters. The summed E-state index contributed by atoms with van der Waals surface area (Å²) in [6, 6.07) is 14.5. The number of pyridine rings is 1. The van der Waals surface area contributed by atoms with Gasteiger partial charge in [0, 0.05) is 86.8 Å². The molecule has 14 heteroatoms. The standard InChI is InChI=1S/C40H45N9O4S/c1-23-20-41-34-33-25-6-10-31(43-26(25)7-9-30(33)54-36(34)38(52)42-23)47-18-14-40(15-19-47)21-48(22-40)24-12-16-46(17-13-24)27-4-3-5-28-35(27)45(2)39(53)49(28)29-8-11-32(50)44-37(29)51/h3-7,9-10,23-24,29,41H,8,11-22H2,1-2H3,(H,42,52)(H,44,50,51)/t23-,29?/m1/s1. The van der Waals surface area contributed by atoms with Crippen molar-refractivity contribution in [2.45, 2.75) is 63.6 Å². The zero-order valence-electron chi connectivity index (χ0n) is 30.7. The zero-order chi connectivity index (χ0) is 36.9. The fourth-order valence-electron chi connectivity index (χ4n) is 9.87. The van der Waals surface area contributed by atoms with Gasteiger partial charge in [0.05, 0.1) is 27.9 Å². The van der Waals surface area contributed by atoms with Crippen LogP contribution in [0.3, 0.4) is 0 Å². The van der Waals surface area contributed by atoms with E-state index in [1.54, 1.807) is 27.5 Å². The summed E-state index contributed by atoms with van der Waals surface area (Å²) in [5, 5.41) is 11.2. The Morgan fingerprint density at radius 2 is 1.70 bits per heavy atom. The molecule has 280 valence electrons. The predicted molar refractivity (Wildman–Crippen MR) is 212 cm³/mol. The molecule has 5 aromatic rings. The van der Waals surface area contributed by atoms with Crippen LogP contribution in [0.5, 0.6) is 0 Å². The normalized spacial score (nSPS) is 23.7. The number of aromatic nitrogens is 3. The number of carbonyl (C=O) groups is 3. The first kappa shape index (κ1) is 33.6. The highest BCUT2D eigenvalue weighted by Crippen LogP contribution is 2.45. The van der Waals surface area contributed by atoms with Crippen molar-refractivity contribution < 1.29 is 14.4 Å². The number of imidazole rings is 1. The molecule has 2 aromatic carbocycles. The van der Waals surface area contributed by atoms with Crippen molar-refractivity contribution in [1.82, 2.24) is 29.7 Å². The zero-order valence-corrected chi connectivity index (χ0v) is 31.5. The topological polar surface area (TPSA) is 137 Å². The van der Waals surface area contributed by atoms with Gasteiger partial charge in [0.25, 0.3) is 5.91 Å². The Labute approximate surface area is 316 Å². The summed E-state index contributed by atoms with van der Waals surface area (Å²) in [5.74, 6) is 0.327. The third-order valence-electron chi connectivity index (χ3n) is 12.8. The van der Waals surface area contributed by atoms with Crippen LogP contribution in [0.4, 0.5) is 17.2 Å². The summed E-state index contributed by atoms with van der Waals surface area (Å²) in [6.07, 6.45) is 5.03. The van der Waals surface area contributed by atoms with Crippen molar-refractivity contribution >= 4 is 78.3 Å². The minimum absolute atomic E-state index is 0.00729. The number of imide groups is 1. The molecule has 1 spiro atoms. The van der Waals surface area contributed by atoms with E-state index < -0.39 is 11.9 Å². The fraction of sp³-hybridized carbons (Fsp3) is 0.475. The minimum Gasteiger partial charge on any atom is -0.381 e. The number of fused-ring (bicyclic) bond motifs is 6. The Hall–Kier alpha value is -4.95. The van der Waals surface area contributed by atoms with Gasteiger partial charge >= 0.3 is 5.69 Å². The third kappa shape index (κ3) is 5.31. The predicted octanol–water partition coefficient (Wildman–Crippen LogP) is 4.20. The average Bonchev–Trinajstić information content (AvgIpc) is 3.62. The minimum atomic E-state index is -0.684. The molecule has 10 rings (SSSR count). The van der Waals surface area contributed by atoms with E-state index in [1.165, 1.54) is 0 Å². The van der Waals surface area contributed by atoms with Crippen LogP contribution >= 0.6 is 11.3 Å². The van der Waals surface area contributed by atoms with E-state index in [0.29, 0.717) is 24.4 Å². The van der Waals surface area contributed by atoms with Crippen molar-refractivity contribution in [1.29, 1.82) is 0 Å². The molecule has 0 saturated carbocycles. The lowest BCUT2D eigenvalue weighted by Gasteiger charge is -2.57. The molecule has 3 N–H and O–H groups in total. The molecule has 54 heavy (non-hydrogen) atoms. The van der Waals surface area contributed by atoms with Crippen LogP contribution in [-0.4, -0.2) is 94.6 Å². The Bertz CT molecular complexity index is 2430. The highest BCUT2D eigenvalue weighted by molar-refractivity contribution is 7.21. The van der Waals surface area contributed by atoms with Gasteiger partial charge in [-0.25, -0.2) is 9.78 Å². The first-order chi connectivity index (χ1) is 26.2. The van der Waals surface area contributed by atoms with Crippen molar-refractivity contribution in [3.63, 3.8) is 0 Å². The summed E-state index contributed by atoms with van der Waals surface area (Å²) in [6.45, 7) is 8.84. The van der Waals surface area contributed by atoms with E-state index in [1.807, 2.05) is 19.1 Å². The molecule has 0 bridgehead atoms. The quantitative estimate of drug-likeness (QED) is 0.231. The highest BCUT2D eigenvalue weighted by atomic mass is 32.1. The molecule has 8 heterocycles. The number of nitrogens with zero attached hydrogens (tertiary/aromatic N) is 6. The molecule has 1 unspecified atom stereocenters. The van der Waals surface area contributed by atoms with Crippen molar-refractivity contribution in [3.8, 4) is 0 Å². The third-order valence-corrected chi connectivity index (χ3v) is 14.0. The van der Waals surface area contributed by atoms with E-state index in [2.05, 4.69) is 61.0 Å². The first-order valence-electron chi connectivity index (χ1n) is 19.3. The van der Waals surface area contributed by atoms with Crippen LogP contribution in [0.25, 0.3) is 32.0 Å². The second-order valence-corrected chi connectivity index (χ2v) is 17.2. The molecule has 4 saturated heterocycles. The highest BCUT2D eigenvalue weighted by Gasteiger charge is 2.47. The van der Waals surface area contributed by atoms with Crippen LogP contribution in [0, 0.1) is 5.41 Å². The van der Waals surface area contributed by atoms with Crippen molar-refractivity contribution in [3.05, 3.63) is 57.8 Å². The SMILES string of the molecule is C[C@@H]1CNc2c(sc3ccc4nc(N5CCC6(CC5)CN(C5CCN(c7cccc8c7n(C)c(=O)n8C7CCC(=O)NC7=O)CC5)C6)ccc4c23)C(=O)N1. The Kier molecular flexibility index (Phi) is 7.81. The van der Waals surface area contributed by atoms with E-state index >= 15 is 0 Å². The summed E-state index contributed by atoms with van der Waals surface area (Å²) in [4.78, 5) is 64.3. The smallest absolute Gasteiger partial charge is 0.329 e. The number of benzene rings is 2. The van der Waals surface area contributed by atoms with Gasteiger partial charge in [0.15, 0.2) is 0 Å². The second kappa shape index (κ2) is 12.6. The number of thiophene rings is 1. The maximum atomic E-state index is 13.5. The number of rotatable bonds is 4. The molecule has 0 radical (unpaired) electrons. The molecule has 3 amide bonds. The lowest BCUT2D eigenvalue weighted by Crippen LogP contribution is -2.64. The molecule has 0 aliphatic carbocycles. The average molecular weight is 748 g/mol. The number of carbonyl (C=O) groups excluding carboxylic acids is 3. The van der Waals surface area contributed by atoms with Gasteiger partial charge in [-0.15, -0.1) is 11.3 Å². The lowest BCUT2D eigenvalue weighted by atomic mass is 9.71. The largest absolute Gasteiger partial charge is 0.381 e. The van der Waals surface area contributed by atoms with Crippen LogP contribution in [-0.2, 0) is 16.6 Å². The van der Waals surface area contributed by atoms with E-state index in [-0.39, 0.29) is 30.0 Å². The lowest BCUT2D eigenvalue weighted by molar-refractivity contribution is -0.135. The Balaban J connectivity index is 0.780. The number of anilines is 3. The summed E-state index contributed by atoms with van der Waals surface area (Å²) in [7, 11) is 1.78. The summed E-state index contributed by atoms with van der Waals surface area (Å²) < 4.78 is 4.34. The van der Waals surface area contributed by atoms with E-state index in [9.17, 15) is 19.2 Å². The second-order valence-electron chi connectivity index (χ2n) is 16.2. The summed E-state index contributed by atoms with van der Waals surface area (Å²) >= 11 is 1.54. The maximum Gasteiger partial charge on any atom is 0.329 e. The fourth-order valence-corrected chi connectivity index (χ4v) is 11.0. The Morgan fingerprint density at radius 1 is 0.907 bits per heavy atom. The van der Waals surface area contributed by atoms with Gasteiger partial charge in [-0.05, 0) is 80.8 Å². The van der Waals surface area contributed by atoms with E-state index in [0.717, 1.165) is 119 Å². The Morgan fingerprint density at radius 3 is 2.48 bits per heavy atom. The van der Waals surface area contributed by atoms with Crippen LogP contribution in [0.2, 0.25) is 0 Å². The molecular formula is C40H45N9O4S. The molecule has 13 nitrogen and oxygen atoms in total. The van der Waals surface area contributed by atoms with Gasteiger partial charge in [-0.3, -0.25) is 33.7 Å². The van der Waals surface area contributed by atoms with Gasteiger partial charge in [-0.1, -0.05) is 6.07 Å². The number of para-hydroxylation sites is 1. The molecule has 4 fully saturated rings. The van der Waals surface area contributed by atoms with Crippen molar-refractivity contribution in [2.75, 3.05) is 60.9 Å². The molecule has 3 aromatic heterocycles. The number of hydrogen-bond acceptors (Lipinski definition) is 10.